The van der Waals surface area contributed by atoms with Gasteiger partial charge >= 0.3 is 18.3 Å². The Morgan fingerprint density at radius 2 is 1.68 bits per heavy atom. The highest BCUT2D eigenvalue weighted by molar-refractivity contribution is 6.34. The number of aromatic amines is 1. The molecule has 2 saturated heterocycles. The standard InChI is InChI=1S/C42H51ClF3N9O4/c1-23(2)35(52-41(58)59-7)22-53-19-24(3)14-36(53)38-49-18-34(50-38)28-10-8-27(9-11-28)30-15-32(43)33(16-31(30)42(44,45)46)51-39(56)29-12-13-37(48-17-29)54-20-26(5)55(21-25(54)4)40(57)47-6/h8-13,15-18,23-26,35-36H,14,19-22H2,1-7H3,(H,47,57)(H,49,50)(H,51,56)(H,52,58). The van der Waals surface area contributed by atoms with Gasteiger partial charge in [-0.25, -0.2) is 19.6 Å². The Morgan fingerprint density at radius 3 is 2.31 bits per heavy atom. The molecule has 0 bridgehead atoms. The summed E-state index contributed by atoms with van der Waals surface area (Å²) in [4.78, 5) is 56.2. The van der Waals surface area contributed by atoms with E-state index in [1.807, 2.05) is 32.6 Å². The quantitative estimate of drug-likeness (QED) is 0.125. The summed E-state index contributed by atoms with van der Waals surface area (Å²) in [7, 11) is 2.93. The van der Waals surface area contributed by atoms with Crippen LogP contribution in [0, 0.1) is 11.8 Å². The number of aromatic nitrogens is 3. The van der Waals surface area contributed by atoms with E-state index in [4.69, 9.17) is 21.3 Å². The number of methoxy groups -OCH3 is 1. The van der Waals surface area contributed by atoms with Gasteiger partial charge in [-0.05, 0) is 73.1 Å². The maximum atomic E-state index is 14.6. The minimum absolute atomic E-state index is 0.0126. The van der Waals surface area contributed by atoms with E-state index in [1.54, 1.807) is 54.5 Å². The van der Waals surface area contributed by atoms with Gasteiger partial charge in [-0.1, -0.05) is 56.6 Å². The van der Waals surface area contributed by atoms with Crippen LogP contribution in [0.5, 0.6) is 0 Å². The molecule has 0 spiro atoms. The molecule has 17 heteroatoms. The molecule has 2 aromatic carbocycles. The fourth-order valence-corrected chi connectivity index (χ4v) is 8.10. The number of carbonyl (C=O) groups is 3. The highest BCUT2D eigenvalue weighted by Gasteiger charge is 2.37. The molecule has 5 atom stereocenters. The van der Waals surface area contributed by atoms with E-state index in [-0.39, 0.29) is 63.5 Å². The Morgan fingerprint density at radius 1 is 0.966 bits per heavy atom. The number of rotatable bonds is 10. The second-order valence-electron chi connectivity index (χ2n) is 15.8. The zero-order valence-corrected chi connectivity index (χ0v) is 34.9. The molecule has 4 heterocycles. The number of H-pyrrole nitrogens is 1. The average molecular weight is 838 g/mol. The number of piperazine rings is 1. The van der Waals surface area contributed by atoms with Crippen molar-refractivity contribution in [2.24, 2.45) is 11.8 Å². The number of nitrogens with one attached hydrogen (secondary N) is 4. The van der Waals surface area contributed by atoms with Crippen LogP contribution >= 0.6 is 11.6 Å². The van der Waals surface area contributed by atoms with E-state index in [1.165, 1.54) is 19.4 Å². The molecule has 5 unspecified atom stereocenters. The third kappa shape index (κ3) is 9.76. The summed E-state index contributed by atoms with van der Waals surface area (Å²) < 4.78 is 48.6. The highest BCUT2D eigenvalue weighted by Crippen LogP contribution is 2.42. The maximum absolute atomic E-state index is 14.6. The number of pyridine rings is 1. The smallest absolute Gasteiger partial charge is 0.417 e. The zero-order valence-electron chi connectivity index (χ0n) is 34.2. The number of alkyl halides is 3. The van der Waals surface area contributed by atoms with Crippen LogP contribution in [-0.2, 0) is 10.9 Å². The fraction of sp³-hybridized carbons (Fsp3) is 0.452. The van der Waals surface area contributed by atoms with E-state index in [0.29, 0.717) is 37.1 Å². The van der Waals surface area contributed by atoms with Gasteiger partial charge in [0.2, 0.25) is 0 Å². The van der Waals surface area contributed by atoms with E-state index >= 15 is 0 Å². The predicted molar refractivity (Wildman–Crippen MR) is 221 cm³/mol. The second kappa shape index (κ2) is 17.9. The lowest BCUT2D eigenvalue weighted by Crippen LogP contribution is -2.60. The topological polar surface area (TPSA) is 148 Å². The summed E-state index contributed by atoms with van der Waals surface area (Å²) in [6.45, 7) is 12.6. The molecule has 13 nitrogen and oxygen atoms in total. The molecule has 4 amide bonds. The number of nitrogens with zero attached hydrogens (tertiary/aromatic N) is 5. The second-order valence-corrected chi connectivity index (χ2v) is 16.3. The van der Waals surface area contributed by atoms with Crippen LogP contribution in [0.4, 0.5) is 34.3 Å². The average Bonchev–Trinajstić information content (AvgIpc) is 3.84. The summed E-state index contributed by atoms with van der Waals surface area (Å²) in [5.41, 5.74) is 0.570. The lowest BCUT2D eigenvalue weighted by molar-refractivity contribution is -0.137. The first-order valence-electron chi connectivity index (χ1n) is 19.6. The first kappa shape index (κ1) is 43.2. The van der Waals surface area contributed by atoms with Crippen molar-refractivity contribution in [3.8, 4) is 22.4 Å². The molecule has 2 aromatic heterocycles. The third-order valence-corrected chi connectivity index (χ3v) is 11.5. The number of hydrogen-bond acceptors (Lipinski definition) is 8. The molecule has 0 aliphatic carbocycles. The Bertz CT molecular complexity index is 2130. The van der Waals surface area contributed by atoms with Crippen molar-refractivity contribution in [1.29, 1.82) is 0 Å². The lowest BCUT2D eigenvalue weighted by Gasteiger charge is -2.44. The number of carbonyl (C=O) groups excluding carboxylic acids is 3. The number of imidazole rings is 1. The van der Waals surface area contributed by atoms with Crippen LogP contribution in [0.2, 0.25) is 5.02 Å². The summed E-state index contributed by atoms with van der Waals surface area (Å²) in [5.74, 6) is 1.28. The van der Waals surface area contributed by atoms with Crippen molar-refractivity contribution in [2.45, 2.75) is 71.4 Å². The molecule has 6 rings (SSSR count). The number of likely N-dealkylation sites (tertiary alicyclic amines) is 1. The van der Waals surface area contributed by atoms with Crippen molar-refractivity contribution in [3.63, 3.8) is 0 Å². The summed E-state index contributed by atoms with van der Waals surface area (Å²) in [5, 5.41) is 8.06. The van der Waals surface area contributed by atoms with Gasteiger partial charge in [0.15, 0.2) is 0 Å². The largest absolute Gasteiger partial charge is 0.453 e. The minimum Gasteiger partial charge on any atom is -0.453 e. The van der Waals surface area contributed by atoms with Crippen LogP contribution in [0.1, 0.15) is 68.8 Å². The molecular weight excluding hydrogens is 787 g/mol. The predicted octanol–water partition coefficient (Wildman–Crippen LogP) is 8.07. The summed E-state index contributed by atoms with van der Waals surface area (Å²) >= 11 is 6.55. The van der Waals surface area contributed by atoms with Gasteiger partial charge in [-0.2, -0.15) is 13.2 Å². The van der Waals surface area contributed by atoms with Gasteiger partial charge in [0.05, 0.1) is 46.9 Å². The first-order chi connectivity index (χ1) is 28.0. The number of amides is 4. The van der Waals surface area contributed by atoms with Gasteiger partial charge in [-0.15, -0.1) is 0 Å². The molecule has 4 aromatic rings. The number of halogens is 4. The lowest BCUT2D eigenvalue weighted by atomic mass is 9.97. The molecule has 4 N–H and O–H groups in total. The number of ether oxygens (including phenoxy) is 1. The van der Waals surface area contributed by atoms with Gasteiger partial charge in [0.25, 0.3) is 5.91 Å². The summed E-state index contributed by atoms with van der Waals surface area (Å²) in [6.07, 6.45) is -1.29. The van der Waals surface area contributed by atoms with Gasteiger partial charge in [-0.3, -0.25) is 9.69 Å². The normalized spacial score (nSPS) is 20.4. The molecular formula is C42H51ClF3N9O4. The SMILES string of the molecule is CNC(=O)N1CC(C)N(c2ccc(C(=O)Nc3cc(C(F)(F)F)c(-c4ccc(-c5cnc(C6CC(C)CN6CC(NC(=O)OC)C(C)C)[nH]5)cc4)cc3Cl)cn2)CC1C. The molecule has 0 saturated carbocycles. The van der Waals surface area contributed by atoms with Crippen LogP contribution < -0.4 is 20.9 Å². The summed E-state index contributed by atoms with van der Waals surface area (Å²) in [6, 6.07) is 11.5. The Balaban J connectivity index is 1.16. The molecule has 316 valence electrons. The van der Waals surface area contributed by atoms with Gasteiger partial charge in [0.1, 0.15) is 11.6 Å². The van der Waals surface area contributed by atoms with Crippen molar-refractivity contribution < 1.29 is 32.3 Å². The van der Waals surface area contributed by atoms with Crippen molar-refractivity contribution in [3.05, 3.63) is 82.9 Å². The van der Waals surface area contributed by atoms with Gasteiger partial charge in [0, 0.05) is 57.5 Å². The van der Waals surface area contributed by atoms with E-state index < -0.39 is 23.7 Å². The zero-order chi connectivity index (χ0) is 42.8. The monoisotopic (exact) mass is 837 g/mol. The highest BCUT2D eigenvalue weighted by atomic mass is 35.5. The molecule has 2 aliphatic heterocycles. The van der Waals surface area contributed by atoms with E-state index in [2.05, 4.69) is 37.7 Å². The maximum Gasteiger partial charge on any atom is 0.417 e. The van der Waals surface area contributed by atoms with E-state index in [9.17, 15) is 27.6 Å². The fourth-order valence-electron chi connectivity index (χ4n) is 7.89. The molecule has 0 radical (unpaired) electrons. The number of hydrogen-bond donors (Lipinski definition) is 4. The molecule has 2 aliphatic rings. The number of anilines is 2. The first-order valence-corrected chi connectivity index (χ1v) is 20.0. The van der Waals surface area contributed by atoms with Crippen LogP contribution in [-0.4, -0.2) is 101 Å². The third-order valence-electron chi connectivity index (χ3n) is 11.2. The number of urea groups is 1. The van der Waals surface area contributed by atoms with Crippen molar-refractivity contribution in [2.75, 3.05) is 50.6 Å². The van der Waals surface area contributed by atoms with Crippen LogP contribution in [0.25, 0.3) is 22.4 Å². The minimum atomic E-state index is -4.76. The van der Waals surface area contributed by atoms with E-state index in [0.717, 1.165) is 30.4 Å². The van der Waals surface area contributed by atoms with Gasteiger partial charge < -0.3 is 35.5 Å². The Hall–Kier alpha value is -5.35. The Kier molecular flexibility index (Phi) is 13.1. The van der Waals surface area contributed by atoms with Crippen molar-refractivity contribution in [1.82, 2.24) is 35.4 Å². The molecule has 2 fully saturated rings. The molecule has 59 heavy (non-hydrogen) atoms. The van der Waals surface area contributed by atoms with Crippen LogP contribution in [0.3, 0.4) is 0 Å². The van der Waals surface area contributed by atoms with Crippen LogP contribution in [0.15, 0.2) is 60.9 Å². The van der Waals surface area contributed by atoms with Crippen molar-refractivity contribution >= 4 is 41.1 Å². The Labute approximate surface area is 347 Å². The number of alkyl carbamates (subject to hydrolysis) is 1. The number of benzene rings is 2.